The molecule has 1 saturated carbocycles. The van der Waals surface area contributed by atoms with Gasteiger partial charge >= 0.3 is 5.97 Å². The summed E-state index contributed by atoms with van der Waals surface area (Å²) in [6, 6.07) is 1.69. The maximum atomic E-state index is 12.0. The van der Waals surface area contributed by atoms with Crippen LogP contribution in [0.2, 0.25) is 0 Å². The summed E-state index contributed by atoms with van der Waals surface area (Å²) >= 11 is 3.08. The first-order chi connectivity index (χ1) is 10.2. The molecule has 1 amide bonds. The first kappa shape index (κ1) is 16.4. The molecule has 6 heteroatoms. The van der Waals surface area contributed by atoms with Gasteiger partial charge in [-0.1, -0.05) is 19.3 Å². The molecule has 21 heavy (non-hydrogen) atoms. The minimum atomic E-state index is -0.381. The average molecular weight is 327 g/mol. The van der Waals surface area contributed by atoms with Gasteiger partial charge in [-0.2, -0.15) is 0 Å². The van der Waals surface area contributed by atoms with Crippen LogP contribution >= 0.6 is 23.1 Å². The Kier molecular flexibility index (Phi) is 6.57. The van der Waals surface area contributed by atoms with E-state index in [9.17, 15) is 9.59 Å². The van der Waals surface area contributed by atoms with Gasteiger partial charge in [-0.3, -0.25) is 4.79 Å². The number of anilines is 1. The molecule has 0 aromatic carbocycles. The second-order valence-electron chi connectivity index (χ2n) is 5.00. The lowest BCUT2D eigenvalue weighted by molar-refractivity contribution is -0.113. The van der Waals surface area contributed by atoms with Gasteiger partial charge in [0.15, 0.2) is 0 Å². The van der Waals surface area contributed by atoms with E-state index in [-0.39, 0.29) is 11.9 Å². The molecule has 0 saturated heterocycles. The van der Waals surface area contributed by atoms with Crippen LogP contribution in [0.25, 0.3) is 0 Å². The number of thioether (sulfide) groups is 1. The van der Waals surface area contributed by atoms with Crippen molar-refractivity contribution in [3.05, 3.63) is 17.0 Å². The molecule has 0 aliphatic heterocycles. The summed E-state index contributed by atoms with van der Waals surface area (Å²) in [5, 5.41) is 5.81. The van der Waals surface area contributed by atoms with Crippen LogP contribution in [0, 0.1) is 0 Å². The molecule has 1 aliphatic rings. The Labute approximate surface area is 133 Å². The van der Waals surface area contributed by atoms with E-state index in [0.717, 1.165) is 0 Å². The zero-order valence-electron chi connectivity index (χ0n) is 12.2. The molecule has 0 radical (unpaired) electrons. The van der Waals surface area contributed by atoms with Crippen molar-refractivity contribution in [1.82, 2.24) is 0 Å². The molecule has 1 N–H and O–H groups in total. The Morgan fingerprint density at radius 1 is 1.38 bits per heavy atom. The standard InChI is InChI=1S/C15H21NO3S2/c1-2-19-15(18)12-8-9-20-14(12)16-13(17)10-21-11-6-4-3-5-7-11/h8-9,11H,2-7,10H2,1H3,(H,16,17). The third-order valence-corrected chi connectivity index (χ3v) is 5.62. The maximum absolute atomic E-state index is 12.0. The minimum Gasteiger partial charge on any atom is -0.462 e. The summed E-state index contributed by atoms with van der Waals surface area (Å²) in [4.78, 5) is 23.7. The summed E-state index contributed by atoms with van der Waals surface area (Å²) in [5.74, 6) is 0.0257. The topological polar surface area (TPSA) is 55.4 Å². The summed E-state index contributed by atoms with van der Waals surface area (Å²) in [5.41, 5.74) is 0.442. The lowest BCUT2D eigenvalue weighted by atomic mass is 10.0. The van der Waals surface area contributed by atoms with E-state index >= 15 is 0 Å². The Bertz CT molecular complexity index is 481. The second-order valence-corrected chi connectivity index (χ2v) is 7.21. The van der Waals surface area contributed by atoms with E-state index in [1.165, 1.54) is 43.4 Å². The van der Waals surface area contributed by atoms with Crippen LogP contribution in [0.15, 0.2) is 11.4 Å². The van der Waals surface area contributed by atoms with Gasteiger partial charge in [0.1, 0.15) is 5.00 Å². The molecule has 1 aliphatic carbocycles. The van der Waals surface area contributed by atoms with Crippen LogP contribution in [0.3, 0.4) is 0 Å². The number of rotatable bonds is 6. The van der Waals surface area contributed by atoms with Crippen molar-refractivity contribution in [2.45, 2.75) is 44.3 Å². The van der Waals surface area contributed by atoms with Gasteiger partial charge in [0, 0.05) is 5.25 Å². The number of nitrogens with one attached hydrogen (secondary N) is 1. The summed E-state index contributed by atoms with van der Waals surface area (Å²) in [6.07, 6.45) is 6.30. The van der Waals surface area contributed by atoms with Gasteiger partial charge in [0.05, 0.1) is 17.9 Å². The first-order valence-corrected chi connectivity index (χ1v) is 9.29. The van der Waals surface area contributed by atoms with E-state index in [4.69, 9.17) is 4.74 Å². The van der Waals surface area contributed by atoms with Crippen molar-refractivity contribution in [3.63, 3.8) is 0 Å². The van der Waals surface area contributed by atoms with Crippen LogP contribution in [0.4, 0.5) is 5.00 Å². The van der Waals surface area contributed by atoms with Gasteiger partial charge in [0.25, 0.3) is 0 Å². The molecule has 1 aromatic rings. The van der Waals surface area contributed by atoms with Crippen molar-refractivity contribution < 1.29 is 14.3 Å². The molecule has 0 spiro atoms. The number of thiophene rings is 1. The Balaban J connectivity index is 1.82. The van der Waals surface area contributed by atoms with E-state index in [1.807, 2.05) is 0 Å². The molecule has 2 rings (SSSR count). The molecule has 1 heterocycles. The highest BCUT2D eigenvalue weighted by atomic mass is 32.2. The van der Waals surface area contributed by atoms with Crippen LogP contribution in [0.5, 0.6) is 0 Å². The predicted octanol–water partition coefficient (Wildman–Crippen LogP) is 3.93. The van der Waals surface area contributed by atoms with Crippen molar-refractivity contribution >= 4 is 40.0 Å². The lowest BCUT2D eigenvalue weighted by Gasteiger charge is -2.20. The molecule has 1 aromatic heterocycles. The zero-order valence-corrected chi connectivity index (χ0v) is 13.9. The van der Waals surface area contributed by atoms with E-state index < -0.39 is 0 Å². The Morgan fingerprint density at radius 2 is 2.14 bits per heavy atom. The summed E-state index contributed by atoms with van der Waals surface area (Å²) < 4.78 is 4.97. The quantitative estimate of drug-likeness (QED) is 0.804. The number of hydrogen-bond acceptors (Lipinski definition) is 5. The number of ether oxygens (including phenoxy) is 1. The zero-order chi connectivity index (χ0) is 15.1. The van der Waals surface area contributed by atoms with Crippen molar-refractivity contribution in [3.8, 4) is 0 Å². The Morgan fingerprint density at radius 3 is 2.86 bits per heavy atom. The SMILES string of the molecule is CCOC(=O)c1ccsc1NC(=O)CSC1CCCCC1. The number of carbonyl (C=O) groups excluding carboxylic acids is 2. The predicted molar refractivity (Wildman–Crippen MR) is 88.2 cm³/mol. The number of carbonyl (C=O) groups is 2. The molecule has 1 fully saturated rings. The number of hydrogen-bond donors (Lipinski definition) is 1. The number of amides is 1. The molecule has 4 nitrogen and oxygen atoms in total. The van der Waals surface area contributed by atoms with Crippen molar-refractivity contribution in [1.29, 1.82) is 0 Å². The van der Waals surface area contributed by atoms with Crippen LogP contribution in [-0.4, -0.2) is 29.5 Å². The molecule has 0 atom stereocenters. The van der Waals surface area contributed by atoms with E-state index in [0.29, 0.717) is 28.2 Å². The molecule has 116 valence electrons. The smallest absolute Gasteiger partial charge is 0.341 e. The normalized spacial score (nSPS) is 15.7. The maximum Gasteiger partial charge on any atom is 0.341 e. The third kappa shape index (κ3) is 5.04. The van der Waals surface area contributed by atoms with Crippen molar-refractivity contribution in [2.75, 3.05) is 17.7 Å². The molecular formula is C15H21NO3S2. The third-order valence-electron chi connectivity index (χ3n) is 3.42. The fourth-order valence-corrected chi connectivity index (χ4v) is 4.28. The summed E-state index contributed by atoms with van der Waals surface area (Å²) in [6.45, 7) is 2.10. The largest absolute Gasteiger partial charge is 0.462 e. The highest BCUT2D eigenvalue weighted by molar-refractivity contribution is 8.00. The van der Waals surface area contributed by atoms with Crippen LogP contribution < -0.4 is 5.32 Å². The molecular weight excluding hydrogens is 306 g/mol. The van der Waals surface area contributed by atoms with Gasteiger partial charge in [-0.15, -0.1) is 23.1 Å². The van der Waals surface area contributed by atoms with E-state index in [2.05, 4.69) is 5.32 Å². The van der Waals surface area contributed by atoms with Gasteiger partial charge in [-0.25, -0.2) is 4.79 Å². The molecule has 0 bridgehead atoms. The first-order valence-electron chi connectivity index (χ1n) is 7.36. The Hall–Kier alpha value is -1.01. The fraction of sp³-hybridized carbons (Fsp3) is 0.600. The van der Waals surface area contributed by atoms with Crippen LogP contribution in [-0.2, 0) is 9.53 Å². The van der Waals surface area contributed by atoms with E-state index in [1.54, 1.807) is 30.1 Å². The average Bonchev–Trinajstić information content (AvgIpc) is 2.95. The van der Waals surface area contributed by atoms with Gasteiger partial charge in [0.2, 0.25) is 5.91 Å². The van der Waals surface area contributed by atoms with Gasteiger partial charge in [-0.05, 0) is 31.2 Å². The van der Waals surface area contributed by atoms with Gasteiger partial charge < -0.3 is 10.1 Å². The lowest BCUT2D eigenvalue weighted by Crippen LogP contribution is -2.18. The minimum absolute atomic E-state index is 0.0430. The molecule has 0 unspecified atom stereocenters. The monoisotopic (exact) mass is 327 g/mol. The fourth-order valence-electron chi connectivity index (χ4n) is 2.36. The highest BCUT2D eigenvalue weighted by Gasteiger charge is 2.18. The second kappa shape index (κ2) is 8.44. The van der Waals surface area contributed by atoms with Crippen molar-refractivity contribution in [2.24, 2.45) is 0 Å². The highest BCUT2D eigenvalue weighted by Crippen LogP contribution is 2.29. The van der Waals surface area contributed by atoms with Crippen LogP contribution in [0.1, 0.15) is 49.4 Å². The number of esters is 1. The summed E-state index contributed by atoms with van der Waals surface area (Å²) in [7, 11) is 0.